The molecule has 1 saturated heterocycles. The maximum absolute atomic E-state index is 11.3. The highest BCUT2D eigenvalue weighted by Crippen LogP contribution is 2.28. The first-order valence-corrected chi connectivity index (χ1v) is 6.26. The minimum absolute atomic E-state index is 0.0740. The van der Waals surface area contributed by atoms with Gasteiger partial charge in [0.2, 0.25) is 12.2 Å². The predicted octanol–water partition coefficient (Wildman–Crippen LogP) is -0.129. The van der Waals surface area contributed by atoms with E-state index in [4.69, 9.17) is 18.9 Å². The van der Waals surface area contributed by atoms with Crippen molar-refractivity contribution in [2.24, 2.45) is 0 Å². The number of methoxy groups -OCH3 is 1. The fourth-order valence-corrected chi connectivity index (χ4v) is 2.03. The lowest BCUT2D eigenvalue weighted by Gasteiger charge is -2.41. The van der Waals surface area contributed by atoms with Gasteiger partial charge in [0.05, 0.1) is 0 Å². The fraction of sp³-hybridized carbons (Fsp3) is 0.615. The van der Waals surface area contributed by atoms with Crippen LogP contribution in [0.2, 0.25) is 0 Å². The molecule has 0 radical (unpaired) electrons. The van der Waals surface area contributed by atoms with E-state index in [1.807, 2.05) is 0 Å². The molecule has 1 heterocycles. The van der Waals surface area contributed by atoms with Crippen molar-refractivity contribution in [1.82, 2.24) is 5.32 Å². The first-order valence-electron chi connectivity index (χ1n) is 6.26. The van der Waals surface area contributed by atoms with Crippen LogP contribution in [0.4, 0.5) is 0 Å². The van der Waals surface area contributed by atoms with Crippen LogP contribution in [0.25, 0.3) is 0 Å². The van der Waals surface area contributed by atoms with E-state index < -0.39 is 36.5 Å². The van der Waals surface area contributed by atoms with Crippen molar-refractivity contribution in [3.8, 4) is 0 Å². The molecule has 0 unspecified atom stereocenters. The number of ether oxygens (including phenoxy) is 4. The Balaban J connectivity index is 3.11. The number of carbonyl (C=O) groups is 3. The molecule has 0 aromatic carbocycles. The van der Waals surface area contributed by atoms with Gasteiger partial charge in [-0.15, -0.1) is 0 Å². The summed E-state index contributed by atoms with van der Waals surface area (Å²) in [6.45, 7) is 7.33. The number of esters is 2. The third-order valence-electron chi connectivity index (χ3n) is 2.73. The Bertz CT molecular complexity index is 448. The lowest BCUT2D eigenvalue weighted by Crippen LogP contribution is -2.61. The third kappa shape index (κ3) is 4.45. The summed E-state index contributed by atoms with van der Waals surface area (Å²) >= 11 is 0. The van der Waals surface area contributed by atoms with Gasteiger partial charge in [-0.1, -0.05) is 6.58 Å². The van der Waals surface area contributed by atoms with E-state index in [0.717, 1.165) is 0 Å². The average molecular weight is 301 g/mol. The van der Waals surface area contributed by atoms with Gasteiger partial charge < -0.3 is 24.3 Å². The molecule has 1 amide bonds. The van der Waals surface area contributed by atoms with Crippen LogP contribution in [0, 0.1) is 0 Å². The second-order valence-corrected chi connectivity index (χ2v) is 4.52. The number of hydrogen-bond acceptors (Lipinski definition) is 7. The van der Waals surface area contributed by atoms with Crippen molar-refractivity contribution in [2.75, 3.05) is 7.11 Å². The molecular weight excluding hydrogens is 282 g/mol. The van der Waals surface area contributed by atoms with Gasteiger partial charge in [0.25, 0.3) is 0 Å². The normalized spacial score (nSPS) is 28.3. The molecule has 118 valence electrons. The number of carbonyl (C=O) groups excluding carboxylic acids is 3. The van der Waals surface area contributed by atoms with E-state index >= 15 is 0 Å². The molecule has 0 aliphatic carbocycles. The van der Waals surface area contributed by atoms with Gasteiger partial charge >= 0.3 is 11.9 Å². The van der Waals surface area contributed by atoms with Gasteiger partial charge in [0.1, 0.15) is 11.8 Å². The molecule has 0 aromatic heterocycles. The lowest BCUT2D eigenvalue weighted by atomic mass is 9.99. The first kappa shape index (κ1) is 17.0. The van der Waals surface area contributed by atoms with Gasteiger partial charge in [-0.05, 0) is 0 Å². The van der Waals surface area contributed by atoms with Gasteiger partial charge in [-0.3, -0.25) is 14.4 Å². The molecule has 1 N–H and O–H groups in total. The van der Waals surface area contributed by atoms with Gasteiger partial charge in [-0.25, -0.2) is 0 Å². The quantitative estimate of drug-likeness (QED) is 0.722. The van der Waals surface area contributed by atoms with Crippen LogP contribution in [0.1, 0.15) is 20.8 Å². The highest BCUT2D eigenvalue weighted by molar-refractivity contribution is 5.73. The molecule has 0 aromatic rings. The van der Waals surface area contributed by atoms with Crippen LogP contribution in [0.15, 0.2) is 12.3 Å². The molecule has 1 aliphatic heterocycles. The Kier molecular flexibility index (Phi) is 5.71. The Morgan fingerprint density at radius 2 is 1.71 bits per heavy atom. The second kappa shape index (κ2) is 7.07. The van der Waals surface area contributed by atoms with E-state index in [1.54, 1.807) is 0 Å². The lowest BCUT2D eigenvalue weighted by molar-refractivity contribution is -0.214. The minimum atomic E-state index is -1.03. The van der Waals surface area contributed by atoms with Crippen molar-refractivity contribution in [3.05, 3.63) is 12.3 Å². The van der Waals surface area contributed by atoms with Crippen molar-refractivity contribution < 1.29 is 33.3 Å². The van der Waals surface area contributed by atoms with Crippen molar-refractivity contribution >= 4 is 17.8 Å². The molecule has 0 bridgehead atoms. The molecule has 1 aliphatic rings. The molecular formula is C13H19NO7. The standard InChI is InChI=1S/C13H19NO7/c1-6-11(20-8(3)16)12(21-9(4)17)10(14-7(2)15)13(18-5)19-6/h10-13H,1H2,2-5H3,(H,14,15)/t10-,11-,12-,13+/m1/s1. The summed E-state index contributed by atoms with van der Waals surface area (Å²) in [7, 11) is 1.36. The Hall–Kier alpha value is -2.09. The number of amides is 1. The summed E-state index contributed by atoms with van der Waals surface area (Å²) in [5.74, 6) is -1.50. The summed E-state index contributed by atoms with van der Waals surface area (Å²) in [5, 5.41) is 2.56. The van der Waals surface area contributed by atoms with Crippen LogP contribution in [0.5, 0.6) is 0 Å². The molecule has 0 saturated carbocycles. The molecule has 1 fully saturated rings. The zero-order chi connectivity index (χ0) is 16.2. The summed E-state index contributed by atoms with van der Waals surface area (Å²) in [5.41, 5.74) is 0. The van der Waals surface area contributed by atoms with Gasteiger partial charge in [0.15, 0.2) is 12.2 Å². The zero-order valence-electron chi connectivity index (χ0n) is 12.4. The summed E-state index contributed by atoms with van der Waals surface area (Å²) in [4.78, 5) is 33.8. The average Bonchev–Trinajstić information content (AvgIpc) is 2.35. The maximum atomic E-state index is 11.3. The SMILES string of the molecule is C=C1O[C@H](OC)[C@H](NC(C)=O)[C@@H](OC(C)=O)[C@@H]1OC(C)=O. The second-order valence-electron chi connectivity index (χ2n) is 4.52. The molecule has 4 atom stereocenters. The van der Waals surface area contributed by atoms with Crippen molar-refractivity contribution in [3.63, 3.8) is 0 Å². The van der Waals surface area contributed by atoms with Crippen LogP contribution in [-0.2, 0) is 33.3 Å². The Labute approximate surface area is 122 Å². The monoisotopic (exact) mass is 301 g/mol. The van der Waals surface area contributed by atoms with E-state index in [-0.39, 0.29) is 11.7 Å². The maximum Gasteiger partial charge on any atom is 0.303 e. The molecule has 1 rings (SSSR count). The molecule has 8 heteroatoms. The van der Waals surface area contributed by atoms with Crippen LogP contribution < -0.4 is 5.32 Å². The fourth-order valence-electron chi connectivity index (χ4n) is 2.03. The van der Waals surface area contributed by atoms with E-state index in [1.165, 1.54) is 27.9 Å². The topological polar surface area (TPSA) is 100 Å². The first-order chi connectivity index (χ1) is 9.76. The molecule has 21 heavy (non-hydrogen) atoms. The predicted molar refractivity (Wildman–Crippen MR) is 69.7 cm³/mol. The van der Waals surface area contributed by atoms with Crippen LogP contribution >= 0.6 is 0 Å². The highest BCUT2D eigenvalue weighted by atomic mass is 16.7. The highest BCUT2D eigenvalue weighted by Gasteiger charge is 2.48. The number of nitrogens with one attached hydrogen (secondary N) is 1. The summed E-state index contributed by atoms with van der Waals surface area (Å²) in [6, 6.07) is -0.841. The number of hydrogen-bond donors (Lipinski definition) is 1. The van der Waals surface area contributed by atoms with E-state index in [0.29, 0.717) is 0 Å². The van der Waals surface area contributed by atoms with Gasteiger partial charge in [-0.2, -0.15) is 0 Å². The van der Waals surface area contributed by atoms with Gasteiger partial charge in [0, 0.05) is 27.9 Å². The van der Waals surface area contributed by atoms with Crippen LogP contribution in [-0.4, -0.2) is 49.5 Å². The van der Waals surface area contributed by atoms with Crippen molar-refractivity contribution in [1.29, 1.82) is 0 Å². The molecule has 8 nitrogen and oxygen atoms in total. The number of rotatable bonds is 4. The third-order valence-corrected chi connectivity index (χ3v) is 2.73. The smallest absolute Gasteiger partial charge is 0.303 e. The van der Waals surface area contributed by atoms with Crippen molar-refractivity contribution in [2.45, 2.75) is 45.3 Å². The largest absolute Gasteiger partial charge is 0.463 e. The zero-order valence-corrected chi connectivity index (χ0v) is 12.4. The molecule has 0 spiro atoms. The minimum Gasteiger partial charge on any atom is -0.463 e. The summed E-state index contributed by atoms with van der Waals surface area (Å²) < 4.78 is 20.7. The Morgan fingerprint density at radius 3 is 2.14 bits per heavy atom. The van der Waals surface area contributed by atoms with E-state index in [9.17, 15) is 14.4 Å². The van der Waals surface area contributed by atoms with E-state index in [2.05, 4.69) is 11.9 Å². The van der Waals surface area contributed by atoms with Crippen LogP contribution in [0.3, 0.4) is 0 Å². The Morgan fingerprint density at radius 1 is 1.14 bits per heavy atom. The summed E-state index contributed by atoms with van der Waals surface area (Å²) in [6.07, 6.45) is -2.95.